The third-order valence-electron chi connectivity index (χ3n) is 3.23. The minimum absolute atomic E-state index is 0.0731. The first kappa shape index (κ1) is 15.8. The van der Waals surface area contributed by atoms with E-state index in [9.17, 15) is 9.59 Å². The predicted octanol–water partition coefficient (Wildman–Crippen LogP) is 2.59. The number of rotatable bonds is 3. The highest BCUT2D eigenvalue weighted by atomic mass is 16.6. The summed E-state index contributed by atoms with van der Waals surface area (Å²) in [4.78, 5) is 25.3. The second-order valence-corrected chi connectivity index (χ2v) is 6.13. The van der Waals surface area contributed by atoms with Crippen molar-refractivity contribution in [3.63, 3.8) is 0 Å². The van der Waals surface area contributed by atoms with Gasteiger partial charge in [0.15, 0.2) is 0 Å². The number of methoxy groups -OCH3 is 1. The molecule has 2 unspecified atom stereocenters. The van der Waals surface area contributed by atoms with Gasteiger partial charge in [0.05, 0.1) is 13.0 Å². The number of carbonyl (C=O) groups excluding carboxylic acids is 2. The maximum Gasteiger partial charge on any atom is 0.410 e. The number of likely N-dealkylation sites (tertiary alicyclic amines) is 1. The SMILES string of the molecule is COC(=O)C(C)CC1CCCN1C(=O)OC(C)(C)C. The van der Waals surface area contributed by atoms with Crippen molar-refractivity contribution >= 4 is 12.1 Å². The molecule has 0 aromatic carbocycles. The Kier molecular flexibility index (Phi) is 5.20. The van der Waals surface area contributed by atoms with Gasteiger partial charge in [0, 0.05) is 12.6 Å². The van der Waals surface area contributed by atoms with Crippen LogP contribution in [0.4, 0.5) is 4.79 Å². The average molecular weight is 271 g/mol. The number of amides is 1. The lowest BCUT2D eigenvalue weighted by molar-refractivity contribution is -0.145. The molecule has 110 valence electrons. The number of nitrogens with zero attached hydrogens (tertiary/aromatic N) is 1. The standard InChI is InChI=1S/C14H25NO4/c1-10(12(16)18-5)9-11-7-6-8-15(11)13(17)19-14(2,3)4/h10-11H,6-9H2,1-5H3. The van der Waals surface area contributed by atoms with Crippen LogP contribution in [0.5, 0.6) is 0 Å². The molecule has 1 aliphatic heterocycles. The second-order valence-electron chi connectivity index (χ2n) is 6.13. The third-order valence-corrected chi connectivity index (χ3v) is 3.23. The van der Waals surface area contributed by atoms with Gasteiger partial charge in [0.2, 0.25) is 0 Å². The number of ether oxygens (including phenoxy) is 2. The fourth-order valence-corrected chi connectivity index (χ4v) is 2.35. The Hall–Kier alpha value is -1.26. The van der Waals surface area contributed by atoms with Crippen molar-refractivity contribution in [3.8, 4) is 0 Å². The fourth-order valence-electron chi connectivity index (χ4n) is 2.35. The van der Waals surface area contributed by atoms with E-state index in [1.807, 2.05) is 27.7 Å². The summed E-state index contributed by atoms with van der Waals surface area (Å²) in [7, 11) is 1.39. The van der Waals surface area contributed by atoms with E-state index < -0.39 is 5.60 Å². The summed E-state index contributed by atoms with van der Waals surface area (Å²) in [5, 5.41) is 0. The maximum atomic E-state index is 12.1. The molecule has 1 saturated heterocycles. The fraction of sp³-hybridized carbons (Fsp3) is 0.857. The Labute approximate surface area is 115 Å². The Morgan fingerprint density at radius 1 is 1.37 bits per heavy atom. The summed E-state index contributed by atoms with van der Waals surface area (Å²) in [5.74, 6) is -0.422. The molecule has 1 amide bonds. The summed E-state index contributed by atoms with van der Waals surface area (Å²) in [5.41, 5.74) is -0.488. The van der Waals surface area contributed by atoms with E-state index in [1.54, 1.807) is 4.90 Å². The zero-order valence-electron chi connectivity index (χ0n) is 12.6. The molecule has 0 N–H and O–H groups in total. The van der Waals surface area contributed by atoms with Gasteiger partial charge in [-0.15, -0.1) is 0 Å². The Bertz CT molecular complexity index is 335. The van der Waals surface area contributed by atoms with E-state index in [4.69, 9.17) is 9.47 Å². The lowest BCUT2D eigenvalue weighted by Gasteiger charge is -2.29. The van der Waals surface area contributed by atoms with Crippen molar-refractivity contribution < 1.29 is 19.1 Å². The molecular weight excluding hydrogens is 246 g/mol. The van der Waals surface area contributed by atoms with Crippen molar-refractivity contribution in [3.05, 3.63) is 0 Å². The second kappa shape index (κ2) is 6.26. The van der Waals surface area contributed by atoms with Crippen LogP contribution in [0.1, 0.15) is 47.0 Å². The van der Waals surface area contributed by atoms with E-state index in [2.05, 4.69) is 0 Å². The van der Waals surface area contributed by atoms with Crippen LogP contribution in [0.3, 0.4) is 0 Å². The van der Waals surface area contributed by atoms with Gasteiger partial charge in [-0.25, -0.2) is 4.79 Å². The van der Waals surface area contributed by atoms with Crippen LogP contribution < -0.4 is 0 Å². The van der Waals surface area contributed by atoms with Gasteiger partial charge in [-0.2, -0.15) is 0 Å². The molecule has 0 aromatic heterocycles. The lowest BCUT2D eigenvalue weighted by atomic mass is 10.0. The smallest absolute Gasteiger partial charge is 0.410 e. The van der Waals surface area contributed by atoms with Gasteiger partial charge in [0.1, 0.15) is 5.60 Å². The quantitative estimate of drug-likeness (QED) is 0.740. The molecule has 0 saturated carbocycles. The first-order valence-corrected chi connectivity index (χ1v) is 6.82. The zero-order chi connectivity index (χ0) is 14.6. The van der Waals surface area contributed by atoms with Crippen LogP contribution >= 0.6 is 0 Å². The summed E-state index contributed by atoms with van der Waals surface area (Å²) in [6.07, 6.45) is 2.22. The van der Waals surface area contributed by atoms with Gasteiger partial charge >= 0.3 is 12.1 Å². The summed E-state index contributed by atoms with van der Waals surface area (Å²) in [6.45, 7) is 8.10. The Morgan fingerprint density at radius 3 is 2.53 bits per heavy atom. The molecule has 1 heterocycles. The summed E-state index contributed by atoms with van der Waals surface area (Å²) in [6, 6.07) is 0.0731. The third kappa shape index (κ3) is 4.73. The molecule has 5 heteroatoms. The number of hydrogen-bond acceptors (Lipinski definition) is 4. The lowest BCUT2D eigenvalue weighted by Crippen LogP contribution is -2.41. The largest absolute Gasteiger partial charge is 0.469 e. The summed E-state index contributed by atoms with van der Waals surface area (Å²) < 4.78 is 10.1. The van der Waals surface area contributed by atoms with E-state index in [-0.39, 0.29) is 24.0 Å². The van der Waals surface area contributed by atoms with Crippen molar-refractivity contribution in [2.45, 2.75) is 58.6 Å². The molecule has 1 aliphatic rings. The zero-order valence-corrected chi connectivity index (χ0v) is 12.6. The van der Waals surface area contributed by atoms with Gasteiger partial charge in [-0.3, -0.25) is 4.79 Å². The number of carbonyl (C=O) groups is 2. The molecule has 19 heavy (non-hydrogen) atoms. The maximum absolute atomic E-state index is 12.1. The van der Waals surface area contributed by atoms with Crippen LogP contribution in [-0.2, 0) is 14.3 Å². The highest BCUT2D eigenvalue weighted by Gasteiger charge is 2.34. The predicted molar refractivity (Wildman–Crippen MR) is 71.8 cm³/mol. The minimum Gasteiger partial charge on any atom is -0.469 e. The highest BCUT2D eigenvalue weighted by Crippen LogP contribution is 2.25. The highest BCUT2D eigenvalue weighted by molar-refractivity contribution is 5.72. The van der Waals surface area contributed by atoms with Gasteiger partial charge in [-0.1, -0.05) is 6.92 Å². The van der Waals surface area contributed by atoms with E-state index in [0.29, 0.717) is 13.0 Å². The Balaban J connectivity index is 2.59. The normalized spacial score (nSPS) is 21.1. The first-order chi connectivity index (χ1) is 8.74. The molecular formula is C14H25NO4. The molecule has 0 spiro atoms. The molecule has 0 bridgehead atoms. The van der Waals surface area contributed by atoms with Crippen LogP contribution in [0, 0.1) is 5.92 Å². The molecule has 0 radical (unpaired) electrons. The molecule has 1 rings (SSSR count). The van der Waals surface area contributed by atoms with Crippen LogP contribution in [0.15, 0.2) is 0 Å². The van der Waals surface area contributed by atoms with Crippen molar-refractivity contribution in [2.75, 3.05) is 13.7 Å². The average Bonchev–Trinajstić information content (AvgIpc) is 2.73. The summed E-state index contributed by atoms with van der Waals surface area (Å²) >= 11 is 0. The molecule has 1 fully saturated rings. The van der Waals surface area contributed by atoms with Crippen molar-refractivity contribution in [2.24, 2.45) is 5.92 Å². The topological polar surface area (TPSA) is 55.8 Å². The Morgan fingerprint density at radius 2 is 2.00 bits per heavy atom. The first-order valence-electron chi connectivity index (χ1n) is 6.82. The molecule has 2 atom stereocenters. The van der Waals surface area contributed by atoms with Crippen molar-refractivity contribution in [1.82, 2.24) is 4.90 Å². The molecule has 0 aliphatic carbocycles. The number of hydrogen-bond donors (Lipinski definition) is 0. The van der Waals surface area contributed by atoms with E-state index >= 15 is 0 Å². The van der Waals surface area contributed by atoms with Gasteiger partial charge in [0.25, 0.3) is 0 Å². The van der Waals surface area contributed by atoms with Crippen LogP contribution in [0.25, 0.3) is 0 Å². The van der Waals surface area contributed by atoms with E-state index in [0.717, 1.165) is 12.8 Å². The van der Waals surface area contributed by atoms with Crippen molar-refractivity contribution in [1.29, 1.82) is 0 Å². The molecule has 5 nitrogen and oxygen atoms in total. The van der Waals surface area contributed by atoms with Gasteiger partial charge < -0.3 is 14.4 Å². The minimum atomic E-state index is -0.488. The van der Waals surface area contributed by atoms with E-state index in [1.165, 1.54) is 7.11 Å². The monoisotopic (exact) mass is 271 g/mol. The van der Waals surface area contributed by atoms with Crippen LogP contribution in [0.2, 0.25) is 0 Å². The van der Waals surface area contributed by atoms with Crippen LogP contribution in [-0.4, -0.2) is 42.3 Å². The molecule has 0 aromatic rings. The number of esters is 1. The van der Waals surface area contributed by atoms with Gasteiger partial charge in [-0.05, 0) is 40.0 Å².